The second-order valence-electron chi connectivity index (χ2n) is 6.93. The number of aromatic nitrogens is 2. The Hall–Kier alpha value is -2.50. The maximum Gasteiger partial charge on any atom is 0.573 e. The van der Waals surface area contributed by atoms with Crippen molar-refractivity contribution >= 4 is 56.7 Å². The van der Waals surface area contributed by atoms with Gasteiger partial charge in [-0.1, -0.05) is 15.9 Å². The van der Waals surface area contributed by atoms with Gasteiger partial charge < -0.3 is 24.3 Å². The number of hydrogen-bond donors (Lipinski definition) is 1. The maximum absolute atomic E-state index is 13.0. The highest BCUT2D eigenvalue weighted by Crippen LogP contribution is 2.36. The normalized spacial score (nSPS) is 14.2. The van der Waals surface area contributed by atoms with E-state index in [4.69, 9.17) is 4.74 Å². The monoisotopic (exact) mass is 534 g/mol. The van der Waals surface area contributed by atoms with Gasteiger partial charge in [0.2, 0.25) is 0 Å². The number of nitrogens with one attached hydrogen (secondary N) is 1. The van der Waals surface area contributed by atoms with Gasteiger partial charge in [0.1, 0.15) is 5.82 Å². The van der Waals surface area contributed by atoms with Crippen LogP contribution in [0.4, 0.5) is 24.7 Å². The summed E-state index contributed by atoms with van der Waals surface area (Å²) in [7, 11) is 1.79. The molecule has 7 nitrogen and oxygen atoms in total. The fourth-order valence-corrected chi connectivity index (χ4v) is 3.78. The van der Waals surface area contributed by atoms with Crippen LogP contribution in [0.2, 0.25) is 0 Å². The zero-order valence-electron chi connectivity index (χ0n) is 16.8. The number of anilines is 2. The van der Waals surface area contributed by atoms with E-state index in [9.17, 15) is 18.0 Å². The van der Waals surface area contributed by atoms with E-state index in [1.165, 1.54) is 18.3 Å². The van der Waals surface area contributed by atoms with Crippen molar-refractivity contribution < 1.29 is 27.4 Å². The number of alkyl halides is 3. The van der Waals surface area contributed by atoms with Gasteiger partial charge in [0.25, 0.3) is 5.91 Å². The highest BCUT2D eigenvalue weighted by molar-refractivity contribution is 9.10. The molecule has 2 aromatic heterocycles. The number of aryl methyl sites for hydroxylation is 1. The number of fused-ring (bicyclic) bond motifs is 1. The van der Waals surface area contributed by atoms with Gasteiger partial charge in [0.15, 0.2) is 5.75 Å². The third kappa shape index (κ3) is 5.11. The Bertz CT molecular complexity index is 1130. The zero-order chi connectivity index (χ0) is 22.2. The maximum atomic E-state index is 13.0. The van der Waals surface area contributed by atoms with Crippen LogP contribution in [0.5, 0.6) is 5.75 Å². The summed E-state index contributed by atoms with van der Waals surface area (Å²) in [5.74, 6) is -0.261. The highest BCUT2D eigenvalue weighted by Gasteiger charge is 2.32. The molecule has 3 aromatic rings. The van der Waals surface area contributed by atoms with E-state index < -0.39 is 12.1 Å². The molecule has 0 radical (unpaired) electrons. The number of carbonyl (C=O) groups excluding carboxylic acids is 1. The van der Waals surface area contributed by atoms with E-state index >= 15 is 0 Å². The van der Waals surface area contributed by atoms with Crippen molar-refractivity contribution in [3.63, 3.8) is 0 Å². The van der Waals surface area contributed by atoms with Gasteiger partial charge in [0, 0.05) is 42.4 Å². The van der Waals surface area contributed by atoms with E-state index in [1.807, 2.05) is 0 Å². The second-order valence-corrected chi connectivity index (χ2v) is 7.84. The smallest absolute Gasteiger partial charge is 0.404 e. The summed E-state index contributed by atoms with van der Waals surface area (Å²) in [5, 5.41) is 3.51. The second kappa shape index (κ2) is 9.55. The molecule has 0 saturated carbocycles. The molecule has 1 aromatic carbocycles. The summed E-state index contributed by atoms with van der Waals surface area (Å²) in [5.41, 5.74) is 1.13. The van der Waals surface area contributed by atoms with E-state index in [2.05, 4.69) is 31.0 Å². The fraction of sp³-hybridized carbons (Fsp3) is 0.300. The molecule has 0 atom stereocenters. The predicted octanol–water partition coefficient (Wildman–Crippen LogP) is 4.87. The van der Waals surface area contributed by atoms with Crippen molar-refractivity contribution in [2.45, 2.75) is 6.36 Å². The Kier molecular flexibility index (Phi) is 7.21. The summed E-state index contributed by atoms with van der Waals surface area (Å²) in [4.78, 5) is 19.1. The minimum Gasteiger partial charge on any atom is -0.404 e. The zero-order valence-corrected chi connectivity index (χ0v) is 19.2. The number of pyridine rings is 1. The van der Waals surface area contributed by atoms with Gasteiger partial charge in [-0.2, -0.15) is 0 Å². The molecule has 172 valence electrons. The van der Waals surface area contributed by atoms with Crippen molar-refractivity contribution in [2.24, 2.45) is 7.05 Å². The molecule has 4 rings (SSSR count). The number of halogens is 5. The van der Waals surface area contributed by atoms with E-state index in [0.717, 1.165) is 0 Å². The molecule has 0 aliphatic carbocycles. The third-order valence-corrected chi connectivity index (χ3v) is 5.35. The fourth-order valence-electron chi connectivity index (χ4n) is 3.44. The number of ether oxygens (including phenoxy) is 2. The molecule has 0 unspecified atom stereocenters. The Morgan fingerprint density at radius 3 is 2.66 bits per heavy atom. The van der Waals surface area contributed by atoms with Crippen LogP contribution in [0.1, 0.15) is 10.4 Å². The van der Waals surface area contributed by atoms with Crippen molar-refractivity contribution in [2.75, 3.05) is 31.6 Å². The summed E-state index contributed by atoms with van der Waals surface area (Å²) in [6, 6.07) is 6.01. The number of rotatable bonds is 4. The third-order valence-electron chi connectivity index (χ3n) is 4.86. The highest BCUT2D eigenvalue weighted by atomic mass is 79.9. The first-order valence-electron chi connectivity index (χ1n) is 9.36. The first kappa shape index (κ1) is 24.1. The molecule has 12 heteroatoms. The first-order valence-corrected chi connectivity index (χ1v) is 10.2. The summed E-state index contributed by atoms with van der Waals surface area (Å²) in [6.45, 7) is 1.92. The van der Waals surface area contributed by atoms with Crippen molar-refractivity contribution in [3.05, 3.63) is 46.7 Å². The molecular weight excluding hydrogens is 517 g/mol. The van der Waals surface area contributed by atoms with Crippen LogP contribution in [0.25, 0.3) is 10.9 Å². The van der Waals surface area contributed by atoms with Crippen LogP contribution in [-0.4, -0.2) is 53.0 Å². The molecule has 1 saturated heterocycles. The molecule has 32 heavy (non-hydrogen) atoms. The van der Waals surface area contributed by atoms with Crippen LogP contribution in [0.15, 0.2) is 41.1 Å². The quantitative estimate of drug-likeness (QED) is 0.516. The van der Waals surface area contributed by atoms with Gasteiger partial charge in [-0.3, -0.25) is 4.79 Å². The van der Waals surface area contributed by atoms with Gasteiger partial charge in [0.05, 0.1) is 30.0 Å². The number of hydrogen-bond acceptors (Lipinski definition) is 5. The van der Waals surface area contributed by atoms with Crippen molar-refractivity contribution in [1.82, 2.24) is 14.5 Å². The van der Waals surface area contributed by atoms with Gasteiger partial charge >= 0.3 is 6.36 Å². The lowest BCUT2D eigenvalue weighted by atomic mass is 10.1. The number of morpholine rings is 1. The average Bonchev–Trinajstić information content (AvgIpc) is 3.11. The van der Waals surface area contributed by atoms with Crippen LogP contribution >= 0.6 is 28.3 Å². The van der Waals surface area contributed by atoms with Crippen LogP contribution in [0.3, 0.4) is 0 Å². The minimum absolute atomic E-state index is 0. The summed E-state index contributed by atoms with van der Waals surface area (Å²) in [6.07, 6.45) is -1.64. The van der Waals surface area contributed by atoms with E-state index in [-0.39, 0.29) is 24.0 Å². The van der Waals surface area contributed by atoms with Crippen LogP contribution in [-0.2, 0) is 11.8 Å². The van der Waals surface area contributed by atoms with Crippen molar-refractivity contribution in [3.8, 4) is 5.75 Å². The SMILES string of the molecule is Cl.Cn1ccc2c(Nc3ccc(Br)cc3OC(F)(F)F)ncc(C(=O)N3CCOCC3)c21. The Balaban J connectivity index is 0.00000289. The van der Waals surface area contributed by atoms with Crippen molar-refractivity contribution in [1.29, 1.82) is 0 Å². The standard InChI is InChI=1S/C20H18BrF3N4O3.ClH/c1-27-5-4-13-17(27)14(19(29)28-6-8-30-9-7-28)11-25-18(13)26-15-3-2-12(21)10-16(15)31-20(22,23)24;/h2-5,10-11H,6-9H2,1H3,(H,25,26);1H. The minimum atomic E-state index is -4.85. The summed E-state index contributed by atoms with van der Waals surface area (Å²) >= 11 is 3.15. The molecule has 0 spiro atoms. The molecule has 1 amide bonds. The number of benzene rings is 1. The van der Waals surface area contributed by atoms with Gasteiger partial charge in [-0.05, 0) is 24.3 Å². The predicted molar refractivity (Wildman–Crippen MR) is 119 cm³/mol. The number of carbonyl (C=O) groups is 1. The van der Waals surface area contributed by atoms with E-state index in [0.29, 0.717) is 53.1 Å². The van der Waals surface area contributed by atoms with Crippen LogP contribution < -0.4 is 10.1 Å². The summed E-state index contributed by atoms with van der Waals surface area (Å²) < 4.78 is 50.2. The van der Waals surface area contributed by atoms with Crippen LogP contribution in [0, 0.1) is 0 Å². The lowest BCUT2D eigenvalue weighted by Gasteiger charge is -2.27. The first-order chi connectivity index (χ1) is 14.7. The largest absolute Gasteiger partial charge is 0.573 e. The van der Waals surface area contributed by atoms with E-state index in [1.54, 1.807) is 34.8 Å². The topological polar surface area (TPSA) is 68.6 Å². The molecular formula is C20H19BrClF3N4O3. The lowest BCUT2D eigenvalue weighted by molar-refractivity contribution is -0.274. The van der Waals surface area contributed by atoms with Gasteiger partial charge in [-0.15, -0.1) is 25.6 Å². The lowest BCUT2D eigenvalue weighted by Crippen LogP contribution is -2.40. The molecule has 3 heterocycles. The number of amides is 1. The Morgan fingerprint density at radius 1 is 1.25 bits per heavy atom. The molecule has 1 aliphatic heterocycles. The Morgan fingerprint density at radius 2 is 1.97 bits per heavy atom. The number of nitrogens with zero attached hydrogens (tertiary/aromatic N) is 3. The van der Waals surface area contributed by atoms with Gasteiger partial charge in [-0.25, -0.2) is 4.98 Å². The molecule has 1 aliphatic rings. The molecule has 1 N–H and O–H groups in total. The average molecular weight is 536 g/mol. The molecule has 0 bridgehead atoms. The molecule has 1 fully saturated rings. The Labute approximate surface area is 196 Å².